The van der Waals surface area contributed by atoms with Crippen LogP contribution < -0.4 is 5.73 Å². The summed E-state index contributed by atoms with van der Waals surface area (Å²) in [4.78, 5) is 9.62. The number of unbranched alkanes of at least 4 members (excludes halogenated alkanes) is 2. The van der Waals surface area contributed by atoms with E-state index in [1.54, 1.807) is 0 Å². The largest absolute Gasteiger partial charge is 0.399 e. The maximum Gasteiger partial charge on any atom is 0.269 e. The highest BCUT2D eigenvalue weighted by Crippen LogP contribution is 2.12. The number of hydrogen-bond donors (Lipinski definition) is 3. The van der Waals surface area contributed by atoms with E-state index in [1.165, 1.54) is 24.3 Å². The highest BCUT2D eigenvalue weighted by atomic mass is 16.6. The summed E-state index contributed by atoms with van der Waals surface area (Å²) in [6.45, 7) is 2.09. The third-order valence-electron chi connectivity index (χ3n) is 2.17. The van der Waals surface area contributed by atoms with E-state index in [-0.39, 0.29) is 5.69 Å². The molecule has 0 spiro atoms. The van der Waals surface area contributed by atoms with Gasteiger partial charge in [-0.25, -0.2) is 0 Å². The second-order valence-electron chi connectivity index (χ2n) is 3.83. The summed E-state index contributed by atoms with van der Waals surface area (Å²) < 4.78 is 0. The van der Waals surface area contributed by atoms with E-state index in [9.17, 15) is 10.1 Å². The summed E-state index contributed by atoms with van der Waals surface area (Å²) >= 11 is 0. The van der Waals surface area contributed by atoms with Gasteiger partial charge in [-0.1, -0.05) is 19.8 Å². The van der Waals surface area contributed by atoms with Crippen molar-refractivity contribution in [2.24, 2.45) is 0 Å². The predicted molar refractivity (Wildman–Crippen MR) is 69.9 cm³/mol. The normalized spacial score (nSPS) is 9.78. The average Bonchev–Trinajstić information content (AvgIpc) is 2.30. The van der Waals surface area contributed by atoms with Gasteiger partial charge >= 0.3 is 0 Å². The van der Waals surface area contributed by atoms with Gasteiger partial charge in [0.25, 0.3) is 5.69 Å². The molecule has 0 unspecified atom stereocenters. The first-order valence-electron chi connectivity index (χ1n) is 5.83. The van der Waals surface area contributed by atoms with Crippen molar-refractivity contribution in [1.29, 1.82) is 0 Å². The maximum atomic E-state index is 10.1. The molecule has 0 saturated heterocycles. The molecule has 18 heavy (non-hydrogen) atoms. The number of rotatable bonds is 5. The number of nitrogen functional groups attached to an aromatic ring is 1. The van der Waals surface area contributed by atoms with Gasteiger partial charge in [-0.15, -0.1) is 0 Å². The van der Waals surface area contributed by atoms with Crippen molar-refractivity contribution >= 4 is 11.4 Å². The maximum absolute atomic E-state index is 10.1. The molecule has 0 radical (unpaired) electrons. The van der Waals surface area contributed by atoms with Crippen LogP contribution in [-0.2, 0) is 0 Å². The van der Waals surface area contributed by atoms with Crippen LogP contribution in [0.25, 0.3) is 0 Å². The lowest BCUT2D eigenvalue weighted by Gasteiger charge is -1.99. The lowest BCUT2D eigenvalue weighted by Crippen LogP contribution is -2.02. The second-order valence-corrected chi connectivity index (χ2v) is 3.83. The Bertz CT molecular complexity index is 338. The fraction of sp³-hybridized carbons (Fsp3) is 0.500. The topological polar surface area (TPSA) is 110 Å². The number of nitro groups is 1. The molecule has 0 bridgehead atoms. The van der Waals surface area contributed by atoms with Crippen LogP contribution in [0.2, 0.25) is 0 Å². The van der Waals surface area contributed by atoms with Crippen molar-refractivity contribution in [2.75, 3.05) is 5.73 Å². The van der Waals surface area contributed by atoms with Crippen LogP contribution in [-0.4, -0.2) is 21.4 Å². The van der Waals surface area contributed by atoms with Crippen molar-refractivity contribution in [3.05, 3.63) is 34.4 Å². The van der Waals surface area contributed by atoms with E-state index in [2.05, 4.69) is 6.92 Å². The Morgan fingerprint density at radius 2 is 1.83 bits per heavy atom. The van der Waals surface area contributed by atoms with E-state index in [4.69, 9.17) is 15.9 Å². The van der Waals surface area contributed by atoms with E-state index < -0.39 is 11.2 Å². The van der Waals surface area contributed by atoms with Gasteiger partial charge in [0.2, 0.25) is 0 Å². The molecule has 0 heterocycles. The Labute approximate surface area is 106 Å². The third kappa shape index (κ3) is 8.49. The quantitative estimate of drug-likeness (QED) is 0.245. The first-order valence-corrected chi connectivity index (χ1v) is 5.83. The molecule has 0 aliphatic rings. The number of aliphatic hydroxyl groups excluding tert-OH is 1. The highest BCUT2D eigenvalue weighted by molar-refractivity contribution is 5.44. The van der Waals surface area contributed by atoms with Gasteiger partial charge < -0.3 is 15.9 Å². The molecule has 0 saturated carbocycles. The molecule has 0 amide bonds. The lowest BCUT2D eigenvalue weighted by atomic mass is 10.2. The minimum absolute atomic E-state index is 0.0641. The van der Waals surface area contributed by atoms with Crippen molar-refractivity contribution in [2.45, 2.75) is 38.9 Å². The summed E-state index contributed by atoms with van der Waals surface area (Å²) in [5.41, 5.74) is 5.90. The zero-order valence-electron chi connectivity index (χ0n) is 10.5. The fourth-order valence-corrected chi connectivity index (χ4v) is 1.17. The Kier molecular flexibility index (Phi) is 8.51. The SMILES string of the molecule is CCCCCC(O)O.Nc1ccc([N+](=O)[O-])cc1. The number of nitro benzene ring substituents is 1. The number of hydrogen-bond acceptors (Lipinski definition) is 5. The van der Waals surface area contributed by atoms with Gasteiger partial charge in [-0.2, -0.15) is 0 Å². The van der Waals surface area contributed by atoms with Gasteiger partial charge in [0, 0.05) is 17.8 Å². The highest BCUT2D eigenvalue weighted by Gasteiger charge is 2.00. The molecule has 1 rings (SSSR count). The Morgan fingerprint density at radius 1 is 1.28 bits per heavy atom. The van der Waals surface area contributed by atoms with Crippen LogP contribution in [0.4, 0.5) is 11.4 Å². The predicted octanol–water partition coefficient (Wildman–Crippen LogP) is 2.05. The minimum atomic E-state index is -1.10. The van der Waals surface area contributed by atoms with Crippen LogP contribution in [0.5, 0.6) is 0 Å². The number of anilines is 1. The molecule has 0 aromatic heterocycles. The van der Waals surface area contributed by atoms with Crippen LogP contribution in [0.15, 0.2) is 24.3 Å². The monoisotopic (exact) mass is 256 g/mol. The van der Waals surface area contributed by atoms with E-state index in [1.807, 2.05) is 0 Å². The van der Waals surface area contributed by atoms with Crippen LogP contribution in [0.3, 0.4) is 0 Å². The fourth-order valence-electron chi connectivity index (χ4n) is 1.17. The van der Waals surface area contributed by atoms with Gasteiger partial charge in [0.15, 0.2) is 6.29 Å². The van der Waals surface area contributed by atoms with Crippen LogP contribution in [0, 0.1) is 10.1 Å². The van der Waals surface area contributed by atoms with Crippen molar-refractivity contribution < 1.29 is 15.1 Å². The summed E-state index contributed by atoms with van der Waals surface area (Å²) in [7, 11) is 0. The molecule has 0 fully saturated rings. The number of nitrogens with two attached hydrogens (primary N) is 1. The number of benzene rings is 1. The minimum Gasteiger partial charge on any atom is -0.399 e. The molecule has 0 atom stereocenters. The molecular formula is C12H20N2O4. The van der Waals surface area contributed by atoms with E-state index >= 15 is 0 Å². The van der Waals surface area contributed by atoms with Gasteiger partial charge in [-0.3, -0.25) is 10.1 Å². The van der Waals surface area contributed by atoms with Gasteiger partial charge in [0.1, 0.15) is 0 Å². The first-order chi connectivity index (χ1) is 8.47. The smallest absolute Gasteiger partial charge is 0.269 e. The van der Waals surface area contributed by atoms with Crippen LogP contribution >= 0.6 is 0 Å². The van der Waals surface area contributed by atoms with Crippen molar-refractivity contribution in [3.63, 3.8) is 0 Å². The van der Waals surface area contributed by atoms with Crippen molar-refractivity contribution in [3.8, 4) is 0 Å². The van der Waals surface area contributed by atoms with Gasteiger partial charge in [0.05, 0.1) is 4.92 Å². The summed E-state index contributed by atoms with van der Waals surface area (Å²) in [6, 6.07) is 5.74. The summed E-state index contributed by atoms with van der Waals surface area (Å²) in [5, 5.41) is 26.7. The molecule has 4 N–H and O–H groups in total. The molecule has 1 aromatic rings. The molecule has 6 nitrogen and oxygen atoms in total. The average molecular weight is 256 g/mol. The molecule has 0 aliphatic heterocycles. The molecule has 1 aromatic carbocycles. The summed E-state index contributed by atoms with van der Waals surface area (Å²) in [5.74, 6) is 0. The van der Waals surface area contributed by atoms with Crippen molar-refractivity contribution in [1.82, 2.24) is 0 Å². The lowest BCUT2D eigenvalue weighted by molar-refractivity contribution is -0.384. The Hall–Kier alpha value is -1.66. The third-order valence-corrected chi connectivity index (χ3v) is 2.17. The Balaban J connectivity index is 0.000000331. The van der Waals surface area contributed by atoms with Crippen LogP contribution in [0.1, 0.15) is 32.6 Å². The van der Waals surface area contributed by atoms with E-state index in [0.29, 0.717) is 12.1 Å². The van der Waals surface area contributed by atoms with E-state index in [0.717, 1.165) is 19.3 Å². The standard InChI is InChI=1S/C6H6N2O2.C6H14O2/c7-5-1-3-6(4-2-5)8(9)10;1-2-3-4-5-6(7)8/h1-4H,7H2;6-8H,2-5H2,1H3. The second kappa shape index (κ2) is 9.38. The zero-order valence-corrected chi connectivity index (χ0v) is 10.5. The molecule has 102 valence electrons. The van der Waals surface area contributed by atoms with Gasteiger partial charge in [-0.05, 0) is 25.0 Å². The number of non-ortho nitro benzene ring substituents is 1. The first kappa shape index (κ1) is 16.3. The number of nitrogens with zero attached hydrogens (tertiary/aromatic N) is 1. The Morgan fingerprint density at radius 3 is 2.22 bits per heavy atom. The number of aliphatic hydroxyl groups is 2. The molecular weight excluding hydrogens is 236 g/mol. The molecule has 0 aliphatic carbocycles. The molecule has 6 heteroatoms. The summed E-state index contributed by atoms with van der Waals surface area (Å²) in [6.07, 6.45) is 2.58. The zero-order chi connectivity index (χ0) is 14.0.